The number of allylic oxidation sites excluding steroid dienone is 3. The summed E-state index contributed by atoms with van der Waals surface area (Å²) in [5.74, 6) is 1.38. The number of aromatic carboxylic acids is 1. The summed E-state index contributed by atoms with van der Waals surface area (Å²) in [6.07, 6.45) is 6.43. The van der Waals surface area contributed by atoms with Crippen LogP contribution in [0.4, 0.5) is 0 Å². The van der Waals surface area contributed by atoms with E-state index in [2.05, 4.69) is 39.6 Å². The first-order valence-electron chi connectivity index (χ1n) is 16.5. The Labute approximate surface area is 310 Å². The molecule has 0 unspecified atom stereocenters. The van der Waals surface area contributed by atoms with Gasteiger partial charge in [-0.2, -0.15) is 11.8 Å². The molecule has 0 radical (unpaired) electrons. The maximum Gasteiger partial charge on any atom is 0.335 e. The summed E-state index contributed by atoms with van der Waals surface area (Å²) in [6.45, 7) is 14.3. The van der Waals surface area contributed by atoms with Crippen molar-refractivity contribution in [1.29, 1.82) is 0 Å². The number of nitrogens with one attached hydrogen (secondary N) is 1. The van der Waals surface area contributed by atoms with Gasteiger partial charge in [-0.05, 0) is 80.9 Å². The zero-order valence-corrected chi connectivity index (χ0v) is 32.0. The second-order valence-corrected chi connectivity index (χ2v) is 15.0. The van der Waals surface area contributed by atoms with E-state index in [9.17, 15) is 19.8 Å². The number of halogens is 2. The predicted octanol–water partition coefficient (Wildman–Crippen LogP) is 9.01. The zero-order chi connectivity index (χ0) is 37.0. The highest BCUT2D eigenvalue weighted by atomic mass is 35.5. The van der Waals surface area contributed by atoms with Crippen molar-refractivity contribution in [3.05, 3.63) is 80.9 Å². The number of methoxy groups -OCH3 is 2. The Morgan fingerprint density at radius 2 is 1.64 bits per heavy atom. The Balaban J connectivity index is 1.63. The van der Waals surface area contributed by atoms with Crippen LogP contribution in [0.2, 0.25) is 10.0 Å². The van der Waals surface area contributed by atoms with Crippen molar-refractivity contribution in [1.82, 2.24) is 5.32 Å². The molecule has 3 rings (SSSR count). The highest BCUT2D eigenvalue weighted by molar-refractivity contribution is 7.98. The van der Waals surface area contributed by atoms with Gasteiger partial charge >= 0.3 is 11.9 Å². The summed E-state index contributed by atoms with van der Waals surface area (Å²) in [5.41, 5.74) is 3.94. The van der Waals surface area contributed by atoms with Crippen LogP contribution in [0.25, 0.3) is 11.3 Å². The number of ether oxygens (including phenoxy) is 4. The lowest BCUT2D eigenvalue weighted by Crippen LogP contribution is -2.36. The van der Waals surface area contributed by atoms with Gasteiger partial charge in [0.05, 0.1) is 54.2 Å². The summed E-state index contributed by atoms with van der Waals surface area (Å²) in [4.78, 5) is 23.6. The third-order valence-corrected chi connectivity index (χ3v) is 9.69. The molecule has 9 nitrogen and oxygen atoms in total. The van der Waals surface area contributed by atoms with Crippen LogP contribution in [-0.2, 0) is 20.0 Å². The molecule has 0 saturated heterocycles. The van der Waals surface area contributed by atoms with Gasteiger partial charge in [-0.25, -0.2) is 9.59 Å². The molecule has 0 aliphatic heterocycles. The Morgan fingerprint density at radius 1 is 1.00 bits per heavy atom. The van der Waals surface area contributed by atoms with Gasteiger partial charge in [-0.15, -0.1) is 0 Å². The number of rotatable bonds is 21. The number of thioether (sulfide) groups is 1. The normalized spacial score (nSPS) is 13.8. The van der Waals surface area contributed by atoms with Crippen LogP contribution in [0, 0.1) is 5.92 Å². The maximum absolute atomic E-state index is 12.2. The molecule has 1 aliphatic carbocycles. The molecule has 2 aromatic carbocycles. The minimum absolute atomic E-state index is 0.0560. The average Bonchev–Trinajstić information content (AvgIpc) is 3.05. The molecule has 1 aliphatic rings. The number of carboxylic acids is 2. The van der Waals surface area contributed by atoms with Gasteiger partial charge in [0.1, 0.15) is 17.5 Å². The number of carbonyl (C=O) groups is 2. The molecule has 50 heavy (non-hydrogen) atoms. The van der Waals surface area contributed by atoms with Crippen LogP contribution in [0.3, 0.4) is 0 Å². The van der Waals surface area contributed by atoms with E-state index in [1.807, 2.05) is 24.3 Å². The maximum atomic E-state index is 12.2. The molecule has 0 bridgehead atoms. The minimum atomic E-state index is -1.18. The van der Waals surface area contributed by atoms with Crippen molar-refractivity contribution in [2.24, 2.45) is 5.92 Å². The van der Waals surface area contributed by atoms with E-state index in [1.165, 1.54) is 12.1 Å². The van der Waals surface area contributed by atoms with E-state index in [-0.39, 0.29) is 38.9 Å². The van der Waals surface area contributed by atoms with Crippen LogP contribution in [0.5, 0.6) is 11.5 Å². The first-order chi connectivity index (χ1) is 23.6. The minimum Gasteiger partial charge on any atom is -0.496 e. The first-order valence-corrected chi connectivity index (χ1v) is 18.4. The molecule has 274 valence electrons. The largest absolute Gasteiger partial charge is 0.496 e. The SMILES string of the molecule is C=C(N[C@H](CC1=CC=C(c2c(OC)cc(CSCCOCC(C)(C)OCCC(C)C)cc2OC)CC1)C(=O)O)c1c(Cl)cc(C(=O)O)cc1Cl. The molecule has 12 heteroatoms. The molecule has 0 heterocycles. The number of benzene rings is 2. The van der Waals surface area contributed by atoms with Gasteiger partial charge < -0.3 is 34.5 Å². The molecule has 2 aromatic rings. The number of aliphatic carboxylic acids is 1. The van der Waals surface area contributed by atoms with Crippen molar-refractivity contribution in [3.63, 3.8) is 0 Å². The van der Waals surface area contributed by atoms with E-state index in [1.54, 1.807) is 26.0 Å². The van der Waals surface area contributed by atoms with Gasteiger partial charge in [0.15, 0.2) is 0 Å². The highest BCUT2D eigenvalue weighted by Crippen LogP contribution is 2.41. The van der Waals surface area contributed by atoms with Crippen molar-refractivity contribution in [2.45, 2.75) is 70.8 Å². The molecule has 1 atom stereocenters. The van der Waals surface area contributed by atoms with Crippen molar-refractivity contribution in [3.8, 4) is 11.5 Å². The third kappa shape index (κ3) is 12.3. The van der Waals surface area contributed by atoms with Crippen molar-refractivity contribution in [2.75, 3.05) is 39.8 Å². The topological polar surface area (TPSA) is 124 Å². The van der Waals surface area contributed by atoms with Gasteiger partial charge in [0.25, 0.3) is 0 Å². The van der Waals surface area contributed by atoms with Gasteiger partial charge in [0, 0.05) is 29.4 Å². The molecule has 3 N–H and O–H groups in total. The molecule has 0 saturated carbocycles. The number of carboxylic acid groups (broad SMARTS) is 2. The second-order valence-electron chi connectivity index (χ2n) is 13.1. The lowest BCUT2D eigenvalue weighted by molar-refractivity contribution is -0.139. The summed E-state index contributed by atoms with van der Waals surface area (Å²) >= 11 is 14.4. The molecular formula is C38H49Cl2NO8S. The lowest BCUT2D eigenvalue weighted by atomic mass is 9.89. The van der Waals surface area contributed by atoms with E-state index in [0.29, 0.717) is 43.5 Å². The molecule has 0 aromatic heterocycles. The van der Waals surface area contributed by atoms with Gasteiger partial charge in [-0.3, -0.25) is 0 Å². The fourth-order valence-electron chi connectivity index (χ4n) is 5.39. The fourth-order valence-corrected chi connectivity index (χ4v) is 6.89. The van der Waals surface area contributed by atoms with Crippen molar-refractivity contribution < 1.29 is 38.7 Å². The molecule has 0 spiro atoms. The van der Waals surface area contributed by atoms with Crippen molar-refractivity contribution >= 4 is 58.2 Å². The van der Waals surface area contributed by atoms with E-state index < -0.39 is 18.0 Å². The molecule has 0 amide bonds. The summed E-state index contributed by atoms with van der Waals surface area (Å²) < 4.78 is 23.5. The standard InChI is InChI=1S/C38H49Cl2NO8S/c1-23(2)12-13-49-38(4,5)22-48-14-15-50-21-26-17-32(46-6)35(33(18-26)47-7)27-10-8-25(9-11-27)16-31(37(44)45)41-24(3)34-29(39)19-28(36(42)43)20-30(34)40/h8,10,17-20,23,31,41H,3,9,11-16,21-22H2,1-2,4-7H3,(H,42,43)(H,44,45)/t31-/m1/s1. The van der Waals surface area contributed by atoms with Crippen LogP contribution in [0.1, 0.15) is 80.4 Å². The van der Waals surface area contributed by atoms with E-state index in [0.717, 1.165) is 46.8 Å². The average molecular weight is 751 g/mol. The first kappa shape index (κ1) is 41.3. The highest BCUT2D eigenvalue weighted by Gasteiger charge is 2.25. The second kappa shape index (κ2) is 19.5. The smallest absolute Gasteiger partial charge is 0.335 e. The summed E-state index contributed by atoms with van der Waals surface area (Å²) in [6, 6.07) is 5.55. The number of hydrogen-bond donors (Lipinski definition) is 3. The Morgan fingerprint density at radius 3 is 2.16 bits per heavy atom. The Hall–Kier alpha value is -3.15. The van der Waals surface area contributed by atoms with Crippen LogP contribution < -0.4 is 14.8 Å². The number of hydrogen-bond acceptors (Lipinski definition) is 8. The summed E-state index contributed by atoms with van der Waals surface area (Å²) in [7, 11) is 3.28. The third-order valence-electron chi connectivity index (χ3n) is 8.10. The quantitative estimate of drug-likeness (QED) is 0.107. The monoisotopic (exact) mass is 749 g/mol. The zero-order valence-electron chi connectivity index (χ0n) is 29.7. The van der Waals surface area contributed by atoms with E-state index in [4.69, 9.17) is 42.1 Å². The fraction of sp³-hybridized carbons (Fsp3) is 0.474. The Kier molecular flexibility index (Phi) is 16.1. The van der Waals surface area contributed by atoms with Gasteiger partial charge in [-0.1, -0.05) is 61.4 Å². The van der Waals surface area contributed by atoms with Crippen LogP contribution >= 0.6 is 35.0 Å². The Bertz CT molecular complexity index is 1540. The predicted molar refractivity (Wildman–Crippen MR) is 203 cm³/mol. The van der Waals surface area contributed by atoms with Crippen LogP contribution in [-0.4, -0.2) is 73.6 Å². The molecular weight excluding hydrogens is 701 g/mol. The summed E-state index contributed by atoms with van der Waals surface area (Å²) in [5, 5.41) is 22.3. The van der Waals surface area contributed by atoms with E-state index >= 15 is 0 Å². The van der Waals surface area contributed by atoms with Crippen LogP contribution in [0.15, 0.2) is 48.6 Å². The molecule has 0 fully saturated rings. The lowest BCUT2D eigenvalue weighted by Gasteiger charge is -2.25. The van der Waals surface area contributed by atoms with Gasteiger partial charge in [0.2, 0.25) is 0 Å².